The number of rotatable bonds is 8. The van der Waals surface area contributed by atoms with Gasteiger partial charge in [0.1, 0.15) is 17.1 Å². The van der Waals surface area contributed by atoms with Crippen LogP contribution < -0.4 is 16.0 Å². The summed E-state index contributed by atoms with van der Waals surface area (Å²) < 4.78 is 0. The van der Waals surface area contributed by atoms with E-state index in [0.29, 0.717) is 36.6 Å². The molecule has 0 spiro atoms. The molecule has 0 aliphatic carbocycles. The first-order valence-corrected chi connectivity index (χ1v) is 13.5. The predicted octanol–water partition coefficient (Wildman–Crippen LogP) is 3.79. The van der Waals surface area contributed by atoms with Crippen molar-refractivity contribution in [3.63, 3.8) is 0 Å². The third-order valence-electron chi connectivity index (χ3n) is 6.92. The van der Waals surface area contributed by atoms with E-state index in [9.17, 15) is 14.4 Å². The standard InChI is InChI=1S/C28H31N5O3S/c29-15-8-7-13-23-26(34)31(18-21-11-5-2-6-12-21)19-24-32(23)27(35)25-22(14-16-37-25)33(24)28(36)30-17-20-9-3-1-4-10-20/h1-6,9-12,14,16,23-24H,7-8,13,15,17-19,29H2,(H,30,36). The minimum atomic E-state index is -0.652. The fourth-order valence-corrected chi connectivity index (χ4v) is 5.95. The number of fused-ring (bicyclic) bond motifs is 2. The van der Waals surface area contributed by atoms with Gasteiger partial charge in [0, 0.05) is 13.1 Å². The number of urea groups is 1. The number of unbranched alkanes of at least 4 members (excludes halogenated alkanes) is 1. The smallest absolute Gasteiger partial charge is 0.323 e. The lowest BCUT2D eigenvalue weighted by Crippen LogP contribution is -2.71. The van der Waals surface area contributed by atoms with Gasteiger partial charge in [0.2, 0.25) is 5.91 Å². The Labute approximate surface area is 220 Å². The second-order valence-electron chi connectivity index (χ2n) is 9.35. The summed E-state index contributed by atoms with van der Waals surface area (Å²) in [7, 11) is 0. The average molecular weight is 518 g/mol. The number of carbonyl (C=O) groups is 3. The maximum Gasteiger partial charge on any atom is 0.323 e. The van der Waals surface area contributed by atoms with Gasteiger partial charge in [0.25, 0.3) is 5.91 Å². The van der Waals surface area contributed by atoms with Crippen molar-refractivity contribution in [2.75, 3.05) is 18.0 Å². The van der Waals surface area contributed by atoms with E-state index in [-0.39, 0.29) is 24.4 Å². The van der Waals surface area contributed by atoms with Crippen LogP contribution in [0.25, 0.3) is 0 Å². The number of piperazine rings is 1. The van der Waals surface area contributed by atoms with Gasteiger partial charge in [0.15, 0.2) is 0 Å². The molecule has 8 nitrogen and oxygen atoms in total. The van der Waals surface area contributed by atoms with Crippen molar-refractivity contribution in [1.82, 2.24) is 15.1 Å². The molecular formula is C28H31N5O3S. The summed E-state index contributed by atoms with van der Waals surface area (Å²) in [4.78, 5) is 46.7. The monoisotopic (exact) mass is 517 g/mol. The van der Waals surface area contributed by atoms with Crippen LogP contribution in [0.5, 0.6) is 0 Å². The van der Waals surface area contributed by atoms with Gasteiger partial charge in [-0.15, -0.1) is 11.3 Å². The van der Waals surface area contributed by atoms with E-state index in [1.807, 2.05) is 72.1 Å². The Morgan fingerprint density at radius 3 is 2.38 bits per heavy atom. The Morgan fingerprint density at radius 2 is 1.68 bits per heavy atom. The van der Waals surface area contributed by atoms with Crippen molar-refractivity contribution < 1.29 is 14.4 Å². The SMILES string of the molecule is NCCCCC1C(=O)N(Cc2ccccc2)CC2N(C(=O)NCc3ccccc3)c3ccsc3C(=O)N12. The second-order valence-corrected chi connectivity index (χ2v) is 10.3. The van der Waals surface area contributed by atoms with Crippen LogP contribution in [0.4, 0.5) is 10.5 Å². The zero-order valence-corrected chi connectivity index (χ0v) is 21.4. The summed E-state index contributed by atoms with van der Waals surface area (Å²) in [6.45, 7) is 1.54. The van der Waals surface area contributed by atoms with E-state index in [1.54, 1.807) is 14.7 Å². The highest BCUT2D eigenvalue weighted by Crippen LogP contribution is 2.39. The molecular weight excluding hydrogens is 486 g/mol. The minimum Gasteiger partial charge on any atom is -0.334 e. The van der Waals surface area contributed by atoms with E-state index in [1.165, 1.54) is 11.3 Å². The van der Waals surface area contributed by atoms with Crippen LogP contribution >= 0.6 is 11.3 Å². The summed E-state index contributed by atoms with van der Waals surface area (Å²) in [5.41, 5.74) is 8.30. The maximum absolute atomic E-state index is 13.7. The zero-order valence-electron chi connectivity index (χ0n) is 20.6. The van der Waals surface area contributed by atoms with Gasteiger partial charge in [-0.25, -0.2) is 4.79 Å². The van der Waals surface area contributed by atoms with Crippen LogP contribution in [-0.4, -0.2) is 52.9 Å². The molecule has 2 aliphatic rings. The first-order chi connectivity index (χ1) is 18.1. The van der Waals surface area contributed by atoms with Gasteiger partial charge < -0.3 is 20.9 Å². The van der Waals surface area contributed by atoms with Crippen LogP contribution in [-0.2, 0) is 17.9 Å². The van der Waals surface area contributed by atoms with Crippen LogP contribution in [0.15, 0.2) is 72.1 Å². The molecule has 192 valence electrons. The predicted molar refractivity (Wildman–Crippen MR) is 144 cm³/mol. The number of nitrogens with zero attached hydrogens (tertiary/aromatic N) is 3. The maximum atomic E-state index is 13.7. The van der Waals surface area contributed by atoms with Crippen LogP contribution in [0, 0.1) is 0 Å². The first-order valence-electron chi connectivity index (χ1n) is 12.6. The van der Waals surface area contributed by atoms with E-state index in [0.717, 1.165) is 24.0 Å². The van der Waals surface area contributed by atoms with Gasteiger partial charge in [-0.05, 0) is 48.4 Å². The molecule has 1 aromatic heterocycles. The molecule has 3 aromatic rings. The Morgan fingerprint density at radius 1 is 0.973 bits per heavy atom. The number of hydrogen-bond donors (Lipinski definition) is 2. The lowest BCUT2D eigenvalue weighted by atomic mass is 9.98. The third kappa shape index (κ3) is 5.10. The molecule has 2 aromatic carbocycles. The van der Waals surface area contributed by atoms with Crippen molar-refractivity contribution in [2.24, 2.45) is 5.73 Å². The van der Waals surface area contributed by atoms with Gasteiger partial charge in [-0.2, -0.15) is 0 Å². The topological polar surface area (TPSA) is 99.0 Å². The van der Waals surface area contributed by atoms with E-state index < -0.39 is 12.2 Å². The van der Waals surface area contributed by atoms with Crippen LogP contribution in [0.1, 0.15) is 40.1 Å². The van der Waals surface area contributed by atoms with Crippen LogP contribution in [0.3, 0.4) is 0 Å². The molecule has 0 bridgehead atoms. The first kappa shape index (κ1) is 25.0. The molecule has 3 N–H and O–H groups in total. The summed E-state index contributed by atoms with van der Waals surface area (Å²) >= 11 is 1.30. The summed E-state index contributed by atoms with van der Waals surface area (Å²) in [6, 6.07) is 20.4. The number of nitrogens with two attached hydrogens (primary N) is 1. The Kier molecular flexibility index (Phi) is 7.52. The Bertz CT molecular complexity index is 1250. The number of thiophene rings is 1. The minimum absolute atomic E-state index is 0.0878. The van der Waals surface area contributed by atoms with Crippen molar-refractivity contribution in [2.45, 2.75) is 44.6 Å². The lowest BCUT2D eigenvalue weighted by molar-refractivity contribution is -0.144. The van der Waals surface area contributed by atoms with Gasteiger partial charge in [0.05, 0.1) is 12.2 Å². The Hall–Kier alpha value is -3.69. The highest BCUT2D eigenvalue weighted by molar-refractivity contribution is 7.12. The van der Waals surface area contributed by atoms with E-state index in [2.05, 4.69) is 5.32 Å². The molecule has 2 unspecified atom stereocenters. The number of hydrogen-bond acceptors (Lipinski definition) is 5. The lowest BCUT2D eigenvalue weighted by Gasteiger charge is -2.51. The molecule has 1 fully saturated rings. The fraction of sp³-hybridized carbons (Fsp3) is 0.321. The van der Waals surface area contributed by atoms with Crippen LogP contribution in [0.2, 0.25) is 0 Å². The molecule has 0 radical (unpaired) electrons. The largest absolute Gasteiger partial charge is 0.334 e. The quantitative estimate of drug-likeness (QED) is 0.444. The number of carbonyl (C=O) groups excluding carboxylic acids is 3. The summed E-state index contributed by atoms with van der Waals surface area (Å²) in [5, 5.41) is 4.85. The fourth-order valence-electron chi connectivity index (χ4n) is 5.12. The highest BCUT2D eigenvalue weighted by atomic mass is 32.1. The van der Waals surface area contributed by atoms with E-state index in [4.69, 9.17) is 5.73 Å². The third-order valence-corrected chi connectivity index (χ3v) is 7.81. The molecule has 2 atom stereocenters. The number of amides is 4. The molecule has 5 rings (SSSR count). The second kappa shape index (κ2) is 11.1. The molecule has 4 amide bonds. The highest BCUT2D eigenvalue weighted by Gasteiger charge is 2.51. The van der Waals surface area contributed by atoms with Crippen molar-refractivity contribution >= 4 is 34.9 Å². The number of benzene rings is 2. The number of nitrogens with one attached hydrogen (secondary N) is 1. The molecule has 37 heavy (non-hydrogen) atoms. The molecule has 9 heteroatoms. The molecule has 0 saturated carbocycles. The van der Waals surface area contributed by atoms with E-state index >= 15 is 0 Å². The van der Waals surface area contributed by atoms with Gasteiger partial charge >= 0.3 is 6.03 Å². The van der Waals surface area contributed by atoms with Crippen molar-refractivity contribution in [3.05, 3.63) is 88.1 Å². The summed E-state index contributed by atoms with van der Waals surface area (Å²) in [5.74, 6) is -0.275. The zero-order chi connectivity index (χ0) is 25.8. The number of anilines is 1. The Balaban J connectivity index is 1.48. The molecule has 2 aliphatic heterocycles. The normalized spacial score (nSPS) is 19.0. The van der Waals surface area contributed by atoms with Crippen molar-refractivity contribution in [1.29, 1.82) is 0 Å². The molecule has 3 heterocycles. The average Bonchev–Trinajstić information content (AvgIpc) is 3.41. The summed E-state index contributed by atoms with van der Waals surface area (Å²) in [6.07, 6.45) is 1.39. The van der Waals surface area contributed by atoms with Gasteiger partial charge in [-0.1, -0.05) is 60.7 Å². The molecule has 1 saturated heterocycles. The van der Waals surface area contributed by atoms with Crippen molar-refractivity contribution in [3.8, 4) is 0 Å². The van der Waals surface area contributed by atoms with Gasteiger partial charge in [-0.3, -0.25) is 14.5 Å².